The number of fused-ring (bicyclic) bond motifs is 2. The Kier molecular flexibility index (Phi) is 6.53. The van der Waals surface area contributed by atoms with Crippen LogP contribution in [0.5, 0.6) is 0 Å². The van der Waals surface area contributed by atoms with Gasteiger partial charge in [-0.05, 0) is 44.2 Å². The van der Waals surface area contributed by atoms with Crippen molar-refractivity contribution in [3.8, 4) is 0 Å². The summed E-state index contributed by atoms with van der Waals surface area (Å²) in [6, 6.07) is 6.45. The van der Waals surface area contributed by atoms with Gasteiger partial charge in [0.15, 0.2) is 0 Å². The van der Waals surface area contributed by atoms with E-state index in [1.54, 1.807) is 15.7 Å². The number of ether oxygens (including phenoxy) is 1. The van der Waals surface area contributed by atoms with Crippen molar-refractivity contribution in [2.24, 2.45) is 11.8 Å². The Balaban J connectivity index is 1.54. The lowest BCUT2D eigenvalue weighted by molar-refractivity contribution is -0.158. The van der Waals surface area contributed by atoms with Gasteiger partial charge < -0.3 is 24.7 Å². The van der Waals surface area contributed by atoms with Gasteiger partial charge in [0.1, 0.15) is 29.7 Å². The monoisotopic (exact) mass is 511 g/mol. The number of rotatable bonds is 11. The van der Waals surface area contributed by atoms with Crippen LogP contribution in [0.3, 0.4) is 0 Å². The number of aromatic nitrogens is 3. The van der Waals surface area contributed by atoms with Gasteiger partial charge in [0.2, 0.25) is 11.8 Å². The average molecular weight is 512 g/mol. The number of benzene rings is 1. The van der Waals surface area contributed by atoms with Crippen molar-refractivity contribution >= 4 is 28.8 Å². The normalized spacial score (nSPS) is 30.2. The Hall–Kier alpha value is -3.31. The van der Waals surface area contributed by atoms with Crippen molar-refractivity contribution in [3.63, 3.8) is 0 Å². The zero-order valence-electron chi connectivity index (χ0n) is 21.0. The Morgan fingerprint density at radius 1 is 1.30 bits per heavy atom. The summed E-state index contributed by atoms with van der Waals surface area (Å²) in [5, 5.41) is 27.9. The molecule has 0 radical (unpaired) electrons. The molecular formula is C26H33N5O6. The van der Waals surface area contributed by atoms with Crippen LogP contribution in [0, 0.1) is 11.8 Å². The van der Waals surface area contributed by atoms with Gasteiger partial charge in [-0.3, -0.25) is 14.4 Å². The third kappa shape index (κ3) is 3.74. The highest BCUT2D eigenvalue weighted by Crippen LogP contribution is 2.64. The second-order valence-electron chi connectivity index (χ2n) is 10.2. The summed E-state index contributed by atoms with van der Waals surface area (Å²) in [4.78, 5) is 43.7. The summed E-state index contributed by atoms with van der Waals surface area (Å²) < 4.78 is 8.19. The number of carboxylic acid groups (broad SMARTS) is 1. The lowest BCUT2D eigenvalue weighted by atomic mass is 9.65. The fourth-order valence-corrected chi connectivity index (χ4v) is 6.74. The molecule has 2 N–H and O–H groups in total. The molecule has 1 spiro atoms. The zero-order chi connectivity index (χ0) is 26.4. The molecule has 2 unspecified atom stereocenters. The Morgan fingerprint density at radius 3 is 2.78 bits per heavy atom. The number of aliphatic hydroxyl groups excluding tert-OH is 1. The Labute approximate surface area is 214 Å². The average Bonchev–Trinajstić information content (AvgIpc) is 3.61. The van der Waals surface area contributed by atoms with E-state index in [0.717, 1.165) is 5.52 Å². The van der Waals surface area contributed by atoms with E-state index in [1.807, 2.05) is 31.2 Å². The minimum Gasteiger partial charge on any atom is -0.481 e. The van der Waals surface area contributed by atoms with Crippen LogP contribution in [-0.4, -0.2) is 89.7 Å². The number of unbranched alkanes of at least 4 members (excludes halogenated alkanes) is 1. The topological polar surface area (TPSA) is 138 Å². The molecule has 2 amide bonds. The fourth-order valence-electron chi connectivity index (χ4n) is 6.74. The van der Waals surface area contributed by atoms with Gasteiger partial charge in [0.05, 0.1) is 17.0 Å². The van der Waals surface area contributed by atoms with Gasteiger partial charge in [0, 0.05) is 19.7 Å². The molecule has 5 atom stereocenters. The highest BCUT2D eigenvalue weighted by molar-refractivity contribution is 5.98. The summed E-state index contributed by atoms with van der Waals surface area (Å²) in [6.45, 7) is 6.16. The van der Waals surface area contributed by atoms with Crippen LogP contribution >= 0.6 is 0 Å². The van der Waals surface area contributed by atoms with Gasteiger partial charge in [-0.2, -0.15) is 0 Å². The third-order valence-corrected chi connectivity index (χ3v) is 8.37. The van der Waals surface area contributed by atoms with Gasteiger partial charge in [-0.1, -0.05) is 30.3 Å². The molecule has 5 rings (SSSR count). The SMILES string of the molecule is C=CCN(Cn1nnc2ccccc21)C(=O)C1N(CCCCO)C(=O)[C@@H]2[C@H](C(=O)O)[C@]3(CC)CCC12O3. The summed E-state index contributed by atoms with van der Waals surface area (Å²) in [6.07, 6.45) is 3.92. The largest absolute Gasteiger partial charge is 0.481 e. The van der Waals surface area contributed by atoms with Crippen molar-refractivity contribution in [1.29, 1.82) is 0 Å². The second kappa shape index (κ2) is 9.53. The molecule has 3 aliphatic rings. The zero-order valence-corrected chi connectivity index (χ0v) is 21.0. The maximum Gasteiger partial charge on any atom is 0.310 e. The molecule has 4 heterocycles. The van der Waals surface area contributed by atoms with Crippen LogP contribution in [0.4, 0.5) is 0 Å². The van der Waals surface area contributed by atoms with Crippen LogP contribution in [0.1, 0.15) is 39.0 Å². The highest BCUT2D eigenvalue weighted by atomic mass is 16.5. The minimum absolute atomic E-state index is 0.0373. The molecule has 2 aromatic rings. The number of likely N-dealkylation sites (tertiary alicyclic amines) is 1. The number of aliphatic hydroxyl groups is 1. The summed E-state index contributed by atoms with van der Waals surface area (Å²) in [7, 11) is 0. The van der Waals surface area contributed by atoms with Gasteiger partial charge >= 0.3 is 5.97 Å². The van der Waals surface area contributed by atoms with E-state index in [-0.39, 0.29) is 38.2 Å². The predicted molar refractivity (Wildman–Crippen MR) is 132 cm³/mol. The van der Waals surface area contributed by atoms with Crippen molar-refractivity contribution in [2.45, 2.75) is 62.9 Å². The molecule has 3 aliphatic heterocycles. The predicted octanol–water partition coefficient (Wildman–Crippen LogP) is 1.42. The molecule has 198 valence electrons. The molecule has 0 aliphatic carbocycles. The van der Waals surface area contributed by atoms with Crippen LogP contribution in [-0.2, 0) is 25.8 Å². The fraction of sp³-hybridized carbons (Fsp3) is 0.577. The van der Waals surface area contributed by atoms with E-state index in [4.69, 9.17) is 4.74 Å². The number of hydrogen-bond acceptors (Lipinski definition) is 7. The summed E-state index contributed by atoms with van der Waals surface area (Å²) in [5.41, 5.74) is -0.721. The molecule has 1 aromatic heterocycles. The van der Waals surface area contributed by atoms with Crippen molar-refractivity contribution < 1.29 is 29.3 Å². The first-order valence-electron chi connectivity index (χ1n) is 12.9. The number of amides is 2. The van der Waals surface area contributed by atoms with E-state index in [1.165, 1.54) is 4.90 Å². The smallest absolute Gasteiger partial charge is 0.310 e. The molecule has 3 saturated heterocycles. The maximum absolute atomic E-state index is 14.3. The molecule has 11 heteroatoms. The number of carboxylic acids is 1. The Bertz CT molecular complexity index is 1230. The molecule has 3 fully saturated rings. The quantitative estimate of drug-likeness (QED) is 0.341. The first-order valence-corrected chi connectivity index (χ1v) is 12.9. The minimum atomic E-state index is -1.21. The summed E-state index contributed by atoms with van der Waals surface area (Å²) >= 11 is 0. The second-order valence-corrected chi connectivity index (χ2v) is 10.2. The van der Waals surface area contributed by atoms with Crippen molar-refractivity contribution in [3.05, 3.63) is 36.9 Å². The van der Waals surface area contributed by atoms with Crippen LogP contribution in [0.15, 0.2) is 36.9 Å². The van der Waals surface area contributed by atoms with Crippen molar-refractivity contribution in [2.75, 3.05) is 19.7 Å². The number of para-hydroxylation sites is 1. The maximum atomic E-state index is 14.3. The molecule has 1 aromatic carbocycles. The van der Waals surface area contributed by atoms with E-state index < -0.39 is 35.0 Å². The standard InChI is InChI=1S/C26H33N5O6/c1-3-13-29(16-31-18-10-6-5-9-17(18)27-28-31)23(34)21-26-12-11-25(4-2,37-26)20(24(35)36)19(26)22(33)30(21)14-7-8-15-32/h3,5-6,9-10,19-21,32H,1,4,7-8,11-16H2,2H3,(H,35,36)/t19-,20+,21?,25-,26?/m0/s1. The molecular weight excluding hydrogens is 478 g/mol. The van der Waals surface area contributed by atoms with Gasteiger partial charge in [-0.15, -0.1) is 11.7 Å². The molecule has 37 heavy (non-hydrogen) atoms. The highest BCUT2D eigenvalue weighted by Gasteiger charge is 2.79. The number of nitrogens with zero attached hydrogens (tertiary/aromatic N) is 5. The molecule has 0 saturated carbocycles. The van der Waals surface area contributed by atoms with Crippen LogP contribution in [0.2, 0.25) is 0 Å². The third-order valence-electron chi connectivity index (χ3n) is 8.37. The lowest BCUT2D eigenvalue weighted by Crippen LogP contribution is -2.56. The van der Waals surface area contributed by atoms with Gasteiger partial charge in [-0.25, -0.2) is 4.68 Å². The van der Waals surface area contributed by atoms with E-state index in [0.29, 0.717) is 37.6 Å². The number of carbonyl (C=O) groups excluding carboxylic acids is 2. The Morgan fingerprint density at radius 2 is 2.08 bits per heavy atom. The van der Waals surface area contributed by atoms with Gasteiger partial charge in [0.25, 0.3) is 0 Å². The van der Waals surface area contributed by atoms with Crippen LogP contribution < -0.4 is 0 Å². The van der Waals surface area contributed by atoms with E-state index >= 15 is 0 Å². The van der Waals surface area contributed by atoms with E-state index in [9.17, 15) is 24.6 Å². The van der Waals surface area contributed by atoms with E-state index in [2.05, 4.69) is 16.9 Å². The molecule has 2 bridgehead atoms. The number of hydrogen-bond donors (Lipinski definition) is 2. The number of aliphatic carboxylic acids is 1. The first-order chi connectivity index (χ1) is 17.8. The molecule has 11 nitrogen and oxygen atoms in total. The van der Waals surface area contributed by atoms with Crippen LogP contribution in [0.25, 0.3) is 11.0 Å². The lowest BCUT2D eigenvalue weighted by Gasteiger charge is -2.36. The first kappa shape index (κ1) is 25.3. The number of carbonyl (C=O) groups is 3. The summed E-state index contributed by atoms with van der Waals surface area (Å²) in [5.74, 6) is -3.70. The van der Waals surface area contributed by atoms with Crippen molar-refractivity contribution in [1.82, 2.24) is 24.8 Å².